The van der Waals surface area contributed by atoms with Crippen molar-refractivity contribution in [1.29, 1.82) is 0 Å². The SMILES string of the molecule is CCC1=CCC2c3ccccc3C3(O)C(=O)CC1C23. The van der Waals surface area contributed by atoms with Crippen molar-refractivity contribution in [2.75, 3.05) is 0 Å². The van der Waals surface area contributed by atoms with Gasteiger partial charge in [0.1, 0.15) is 0 Å². The van der Waals surface area contributed by atoms with Crippen LogP contribution in [0.2, 0.25) is 0 Å². The number of hydrogen-bond donors (Lipinski definition) is 1. The third kappa shape index (κ3) is 1.19. The Bertz CT molecular complexity index is 601. The molecule has 3 aliphatic rings. The van der Waals surface area contributed by atoms with Gasteiger partial charge < -0.3 is 5.11 Å². The van der Waals surface area contributed by atoms with E-state index in [1.54, 1.807) is 0 Å². The highest BCUT2D eigenvalue weighted by Crippen LogP contribution is 2.62. The molecule has 4 atom stereocenters. The molecule has 0 saturated heterocycles. The first-order valence-electron chi connectivity index (χ1n) is 7.22. The number of benzene rings is 1. The second-order valence-electron chi connectivity index (χ2n) is 6.09. The molecule has 98 valence electrons. The first-order valence-corrected chi connectivity index (χ1v) is 7.22. The zero-order valence-corrected chi connectivity index (χ0v) is 11.1. The van der Waals surface area contributed by atoms with Gasteiger partial charge >= 0.3 is 0 Å². The van der Waals surface area contributed by atoms with Crippen LogP contribution in [0.1, 0.15) is 43.2 Å². The Hall–Kier alpha value is -1.41. The second-order valence-corrected chi connectivity index (χ2v) is 6.09. The maximum absolute atomic E-state index is 12.5. The zero-order valence-electron chi connectivity index (χ0n) is 11.1. The second kappa shape index (κ2) is 3.57. The lowest BCUT2D eigenvalue weighted by molar-refractivity contribution is -0.137. The van der Waals surface area contributed by atoms with Crippen molar-refractivity contribution in [3.8, 4) is 0 Å². The summed E-state index contributed by atoms with van der Waals surface area (Å²) in [6.07, 6.45) is 4.79. The van der Waals surface area contributed by atoms with Crippen molar-refractivity contribution in [3.63, 3.8) is 0 Å². The Morgan fingerprint density at radius 3 is 2.89 bits per heavy atom. The predicted molar refractivity (Wildman–Crippen MR) is 72.7 cm³/mol. The summed E-state index contributed by atoms with van der Waals surface area (Å²) < 4.78 is 0. The van der Waals surface area contributed by atoms with Gasteiger partial charge in [-0.15, -0.1) is 0 Å². The van der Waals surface area contributed by atoms with E-state index >= 15 is 0 Å². The summed E-state index contributed by atoms with van der Waals surface area (Å²) in [5, 5.41) is 11.1. The molecule has 1 aromatic rings. The standard InChI is InChI=1S/C17H18O2/c1-2-10-7-8-12-11-5-3-4-6-14(11)17(19)15(18)9-13(10)16(12)17/h3-7,12-13,16,19H,2,8-9H2,1H3. The fraction of sp³-hybridized carbons (Fsp3) is 0.471. The predicted octanol–water partition coefficient (Wildman–Crippen LogP) is 2.92. The van der Waals surface area contributed by atoms with Crippen LogP contribution in [0.5, 0.6) is 0 Å². The zero-order chi connectivity index (χ0) is 13.2. The highest BCUT2D eigenvalue weighted by Gasteiger charge is 2.63. The number of aliphatic hydroxyl groups is 1. The largest absolute Gasteiger partial charge is 0.377 e. The number of fused-ring (bicyclic) bond motifs is 3. The lowest BCUT2D eigenvalue weighted by atomic mass is 9.71. The highest BCUT2D eigenvalue weighted by molar-refractivity contribution is 5.93. The van der Waals surface area contributed by atoms with E-state index < -0.39 is 5.60 Å². The molecule has 1 saturated carbocycles. The fourth-order valence-electron chi connectivity index (χ4n) is 4.69. The van der Waals surface area contributed by atoms with E-state index in [-0.39, 0.29) is 17.6 Å². The topological polar surface area (TPSA) is 37.3 Å². The number of allylic oxidation sites excluding steroid dienone is 2. The van der Waals surface area contributed by atoms with Crippen LogP contribution in [0, 0.1) is 11.8 Å². The minimum absolute atomic E-state index is 0.0266. The Labute approximate surface area is 113 Å². The Balaban J connectivity index is 1.95. The number of Topliss-reactive ketones (excluding diaryl/α,β-unsaturated/α-hetero) is 1. The molecule has 1 N–H and O–H groups in total. The maximum atomic E-state index is 12.5. The Morgan fingerprint density at radius 2 is 2.11 bits per heavy atom. The van der Waals surface area contributed by atoms with E-state index in [2.05, 4.69) is 19.1 Å². The normalized spacial score (nSPS) is 38.9. The molecule has 1 fully saturated rings. The van der Waals surface area contributed by atoms with E-state index in [4.69, 9.17) is 0 Å². The molecule has 0 heterocycles. The minimum Gasteiger partial charge on any atom is -0.377 e. The molecule has 1 aromatic carbocycles. The average molecular weight is 254 g/mol. The highest BCUT2D eigenvalue weighted by atomic mass is 16.3. The molecule has 0 radical (unpaired) electrons. The van der Waals surface area contributed by atoms with Crippen molar-refractivity contribution in [2.24, 2.45) is 11.8 Å². The summed E-state index contributed by atoms with van der Waals surface area (Å²) in [4.78, 5) is 12.5. The quantitative estimate of drug-likeness (QED) is 0.782. The van der Waals surface area contributed by atoms with E-state index in [1.165, 1.54) is 11.1 Å². The first-order chi connectivity index (χ1) is 9.17. The van der Waals surface area contributed by atoms with Gasteiger partial charge in [0.15, 0.2) is 11.4 Å². The van der Waals surface area contributed by atoms with Crippen molar-refractivity contribution in [2.45, 2.75) is 37.7 Å². The van der Waals surface area contributed by atoms with Gasteiger partial charge in [0.05, 0.1) is 0 Å². The maximum Gasteiger partial charge on any atom is 0.169 e. The van der Waals surface area contributed by atoms with Gasteiger partial charge in [-0.25, -0.2) is 0 Å². The number of rotatable bonds is 1. The van der Waals surface area contributed by atoms with E-state index in [9.17, 15) is 9.90 Å². The van der Waals surface area contributed by atoms with Gasteiger partial charge in [-0.2, -0.15) is 0 Å². The summed E-state index contributed by atoms with van der Waals surface area (Å²) >= 11 is 0. The van der Waals surface area contributed by atoms with Crippen LogP contribution in [0.15, 0.2) is 35.9 Å². The Morgan fingerprint density at radius 1 is 1.32 bits per heavy atom. The first kappa shape index (κ1) is 11.4. The van der Waals surface area contributed by atoms with Crippen LogP contribution in [0.25, 0.3) is 0 Å². The lowest BCUT2D eigenvalue weighted by Crippen LogP contribution is -2.36. The van der Waals surface area contributed by atoms with Crippen LogP contribution in [-0.2, 0) is 10.4 Å². The van der Waals surface area contributed by atoms with Gasteiger partial charge in [-0.1, -0.05) is 42.8 Å². The molecule has 2 nitrogen and oxygen atoms in total. The van der Waals surface area contributed by atoms with Gasteiger partial charge in [0, 0.05) is 12.3 Å². The monoisotopic (exact) mass is 254 g/mol. The summed E-state index contributed by atoms with van der Waals surface area (Å²) in [5.41, 5.74) is 2.24. The number of carbonyl (C=O) groups excluding carboxylic acids is 1. The molecule has 0 spiro atoms. The van der Waals surface area contributed by atoms with Crippen molar-refractivity contribution in [1.82, 2.24) is 0 Å². The van der Waals surface area contributed by atoms with E-state index in [0.717, 1.165) is 18.4 Å². The third-order valence-electron chi connectivity index (χ3n) is 5.47. The molecule has 19 heavy (non-hydrogen) atoms. The summed E-state index contributed by atoms with van der Waals surface area (Å²) in [5.74, 6) is 0.692. The molecule has 0 aromatic heterocycles. The number of ketones is 1. The van der Waals surface area contributed by atoms with Crippen LogP contribution in [0.4, 0.5) is 0 Å². The molecule has 0 amide bonds. The molecule has 0 aliphatic heterocycles. The van der Waals surface area contributed by atoms with Gasteiger partial charge in [0.25, 0.3) is 0 Å². The van der Waals surface area contributed by atoms with E-state index in [1.807, 2.05) is 18.2 Å². The van der Waals surface area contributed by atoms with Crippen LogP contribution < -0.4 is 0 Å². The summed E-state index contributed by atoms with van der Waals surface area (Å²) in [6, 6.07) is 7.98. The van der Waals surface area contributed by atoms with Crippen LogP contribution in [-0.4, -0.2) is 10.9 Å². The Kier molecular flexibility index (Phi) is 2.15. The molecule has 0 bridgehead atoms. The smallest absolute Gasteiger partial charge is 0.169 e. The van der Waals surface area contributed by atoms with Gasteiger partial charge in [-0.05, 0) is 35.8 Å². The molecular formula is C17H18O2. The minimum atomic E-state index is -1.21. The van der Waals surface area contributed by atoms with Gasteiger partial charge in [0.2, 0.25) is 0 Å². The summed E-state index contributed by atoms with van der Waals surface area (Å²) in [7, 11) is 0. The number of hydrogen-bond acceptors (Lipinski definition) is 2. The molecule has 2 heteroatoms. The molecular weight excluding hydrogens is 236 g/mol. The molecule has 4 unspecified atom stereocenters. The average Bonchev–Trinajstić information content (AvgIpc) is 2.86. The van der Waals surface area contributed by atoms with Crippen LogP contribution in [0.3, 0.4) is 0 Å². The van der Waals surface area contributed by atoms with Crippen molar-refractivity contribution >= 4 is 5.78 Å². The number of carbonyl (C=O) groups is 1. The van der Waals surface area contributed by atoms with Crippen molar-refractivity contribution in [3.05, 3.63) is 47.0 Å². The lowest BCUT2D eigenvalue weighted by Gasteiger charge is -2.33. The molecule has 4 rings (SSSR count). The van der Waals surface area contributed by atoms with Crippen molar-refractivity contribution < 1.29 is 9.90 Å². The van der Waals surface area contributed by atoms with Gasteiger partial charge in [-0.3, -0.25) is 4.79 Å². The molecule has 3 aliphatic carbocycles. The fourth-order valence-corrected chi connectivity index (χ4v) is 4.69. The summed E-state index contributed by atoms with van der Waals surface area (Å²) in [6.45, 7) is 2.15. The third-order valence-corrected chi connectivity index (χ3v) is 5.47. The van der Waals surface area contributed by atoms with E-state index in [0.29, 0.717) is 12.3 Å². The van der Waals surface area contributed by atoms with Crippen LogP contribution >= 0.6 is 0 Å².